The number of anilines is 1. The van der Waals surface area contributed by atoms with Crippen LogP contribution >= 0.6 is 0 Å². The first-order chi connectivity index (χ1) is 9.35. The molecule has 1 saturated heterocycles. The zero-order chi connectivity index (χ0) is 13.1. The number of methoxy groups -OCH3 is 1. The Hall–Kier alpha value is -1.06. The Balaban J connectivity index is 1.43. The largest absolute Gasteiger partial charge is 0.381 e. The molecule has 1 aliphatic heterocycles. The van der Waals surface area contributed by atoms with Gasteiger partial charge in [0.2, 0.25) is 0 Å². The molecular formula is C16H24N2O. The summed E-state index contributed by atoms with van der Waals surface area (Å²) in [5.74, 6) is 0. The minimum atomic E-state index is 0.502. The Morgan fingerprint density at radius 1 is 1.05 bits per heavy atom. The van der Waals surface area contributed by atoms with Crippen LogP contribution in [0.25, 0.3) is 0 Å². The van der Waals surface area contributed by atoms with Crippen LogP contribution in [0, 0.1) is 0 Å². The number of nitrogens with zero attached hydrogens (tertiary/aromatic N) is 1. The zero-order valence-corrected chi connectivity index (χ0v) is 11.7. The number of benzene rings is 1. The van der Waals surface area contributed by atoms with Gasteiger partial charge in [0.15, 0.2) is 0 Å². The number of piperidine rings is 1. The fraction of sp³-hybridized carbons (Fsp3) is 0.625. The van der Waals surface area contributed by atoms with Crippen molar-refractivity contribution in [3.63, 3.8) is 0 Å². The van der Waals surface area contributed by atoms with Crippen molar-refractivity contribution in [3.05, 3.63) is 30.3 Å². The second kappa shape index (κ2) is 5.93. The van der Waals surface area contributed by atoms with Crippen LogP contribution in [-0.2, 0) is 4.74 Å². The second-order valence-electron chi connectivity index (χ2n) is 5.79. The van der Waals surface area contributed by atoms with Gasteiger partial charge in [-0.3, -0.25) is 0 Å². The van der Waals surface area contributed by atoms with E-state index in [2.05, 4.69) is 40.5 Å². The van der Waals surface area contributed by atoms with Gasteiger partial charge in [-0.1, -0.05) is 18.2 Å². The molecule has 3 heteroatoms. The third-order valence-corrected chi connectivity index (χ3v) is 4.52. The fourth-order valence-electron chi connectivity index (χ4n) is 3.17. The topological polar surface area (TPSA) is 24.5 Å². The van der Waals surface area contributed by atoms with Crippen molar-refractivity contribution in [2.24, 2.45) is 0 Å². The van der Waals surface area contributed by atoms with E-state index in [1.54, 1.807) is 0 Å². The molecule has 0 atom stereocenters. The molecule has 1 aromatic rings. The molecule has 1 N–H and O–H groups in total. The fourth-order valence-corrected chi connectivity index (χ4v) is 3.17. The lowest BCUT2D eigenvalue weighted by Gasteiger charge is -2.40. The molecule has 0 aromatic heterocycles. The van der Waals surface area contributed by atoms with Crippen LogP contribution in [0.15, 0.2) is 30.3 Å². The molecule has 0 spiro atoms. The monoisotopic (exact) mass is 260 g/mol. The number of ether oxygens (including phenoxy) is 1. The first-order valence-electron chi connectivity index (χ1n) is 7.44. The van der Waals surface area contributed by atoms with Gasteiger partial charge in [-0.25, -0.2) is 0 Å². The van der Waals surface area contributed by atoms with E-state index >= 15 is 0 Å². The van der Waals surface area contributed by atoms with Crippen LogP contribution in [0.1, 0.15) is 25.7 Å². The minimum absolute atomic E-state index is 0.502. The molecule has 1 aliphatic carbocycles. The second-order valence-corrected chi connectivity index (χ2v) is 5.79. The van der Waals surface area contributed by atoms with Crippen molar-refractivity contribution in [1.82, 2.24) is 5.32 Å². The number of rotatable bonds is 4. The summed E-state index contributed by atoms with van der Waals surface area (Å²) in [7, 11) is 1.82. The molecule has 3 nitrogen and oxygen atoms in total. The van der Waals surface area contributed by atoms with E-state index in [-0.39, 0.29) is 0 Å². The van der Waals surface area contributed by atoms with Gasteiger partial charge in [0, 0.05) is 38.0 Å². The molecule has 1 aromatic carbocycles. The Morgan fingerprint density at radius 3 is 2.37 bits per heavy atom. The molecule has 0 radical (unpaired) electrons. The molecule has 0 unspecified atom stereocenters. The van der Waals surface area contributed by atoms with Gasteiger partial charge in [-0.05, 0) is 37.8 Å². The van der Waals surface area contributed by atoms with E-state index in [9.17, 15) is 0 Å². The first-order valence-corrected chi connectivity index (χ1v) is 7.44. The number of hydrogen-bond donors (Lipinski definition) is 1. The summed E-state index contributed by atoms with van der Waals surface area (Å²) >= 11 is 0. The Morgan fingerprint density at radius 2 is 1.74 bits per heavy atom. The van der Waals surface area contributed by atoms with Gasteiger partial charge in [-0.15, -0.1) is 0 Å². The average molecular weight is 260 g/mol. The number of hydrogen-bond acceptors (Lipinski definition) is 3. The number of para-hydroxylation sites is 1. The van der Waals surface area contributed by atoms with Crippen molar-refractivity contribution in [1.29, 1.82) is 0 Å². The summed E-state index contributed by atoms with van der Waals surface area (Å²) in [4.78, 5) is 2.50. The summed E-state index contributed by atoms with van der Waals surface area (Å²) in [6, 6.07) is 12.1. The maximum atomic E-state index is 5.33. The lowest BCUT2D eigenvalue weighted by atomic mass is 9.87. The molecule has 0 bridgehead atoms. The van der Waals surface area contributed by atoms with Crippen molar-refractivity contribution >= 4 is 5.69 Å². The highest BCUT2D eigenvalue weighted by Crippen LogP contribution is 2.25. The molecule has 2 fully saturated rings. The van der Waals surface area contributed by atoms with Crippen molar-refractivity contribution in [2.75, 3.05) is 25.1 Å². The summed E-state index contributed by atoms with van der Waals surface area (Å²) < 4.78 is 5.33. The van der Waals surface area contributed by atoms with Gasteiger partial charge in [0.1, 0.15) is 0 Å². The SMILES string of the molecule is COC1CC(NC2CCN(c3ccccc3)CC2)C1. The van der Waals surface area contributed by atoms with E-state index in [4.69, 9.17) is 4.74 Å². The van der Waals surface area contributed by atoms with E-state index in [0.29, 0.717) is 18.2 Å². The Labute approximate surface area is 115 Å². The Bertz CT molecular complexity index is 381. The van der Waals surface area contributed by atoms with Crippen LogP contribution < -0.4 is 10.2 Å². The maximum absolute atomic E-state index is 5.33. The molecular weight excluding hydrogens is 236 g/mol. The lowest BCUT2D eigenvalue weighted by molar-refractivity contribution is 0.0133. The molecule has 1 saturated carbocycles. The molecule has 2 aliphatic rings. The maximum Gasteiger partial charge on any atom is 0.0601 e. The van der Waals surface area contributed by atoms with E-state index < -0.39 is 0 Å². The van der Waals surface area contributed by atoms with Crippen molar-refractivity contribution in [3.8, 4) is 0 Å². The van der Waals surface area contributed by atoms with Crippen LogP contribution in [-0.4, -0.2) is 38.4 Å². The normalized spacial score (nSPS) is 28.2. The van der Waals surface area contributed by atoms with Gasteiger partial charge in [0.05, 0.1) is 6.10 Å². The summed E-state index contributed by atoms with van der Waals surface area (Å²) in [6.45, 7) is 2.34. The summed E-state index contributed by atoms with van der Waals surface area (Å²) in [5.41, 5.74) is 1.36. The summed E-state index contributed by atoms with van der Waals surface area (Å²) in [5, 5.41) is 3.78. The third-order valence-electron chi connectivity index (χ3n) is 4.52. The van der Waals surface area contributed by atoms with Crippen LogP contribution in [0.2, 0.25) is 0 Å². The highest BCUT2D eigenvalue weighted by molar-refractivity contribution is 5.46. The van der Waals surface area contributed by atoms with Crippen LogP contribution in [0.5, 0.6) is 0 Å². The van der Waals surface area contributed by atoms with Crippen LogP contribution in [0.4, 0.5) is 5.69 Å². The van der Waals surface area contributed by atoms with Gasteiger partial charge < -0.3 is 15.0 Å². The standard InChI is InChI=1S/C16H24N2O/c1-19-16-11-14(12-16)17-13-7-9-18(10-8-13)15-5-3-2-4-6-15/h2-6,13-14,16-17H,7-12H2,1H3. The predicted octanol–water partition coefficient (Wildman–Crippen LogP) is 2.42. The molecule has 104 valence electrons. The highest BCUT2D eigenvalue weighted by Gasteiger charge is 2.31. The first kappa shape index (κ1) is 12.9. The average Bonchev–Trinajstić information content (AvgIpc) is 2.44. The predicted molar refractivity (Wildman–Crippen MR) is 78.6 cm³/mol. The smallest absolute Gasteiger partial charge is 0.0601 e. The molecule has 3 rings (SSSR count). The quantitative estimate of drug-likeness (QED) is 0.900. The minimum Gasteiger partial charge on any atom is -0.381 e. The molecule has 1 heterocycles. The van der Waals surface area contributed by atoms with E-state index in [1.165, 1.54) is 44.5 Å². The Kier molecular flexibility index (Phi) is 4.04. The highest BCUT2D eigenvalue weighted by atomic mass is 16.5. The van der Waals surface area contributed by atoms with E-state index in [0.717, 1.165) is 0 Å². The van der Waals surface area contributed by atoms with Gasteiger partial charge in [0.25, 0.3) is 0 Å². The van der Waals surface area contributed by atoms with Gasteiger partial charge in [-0.2, -0.15) is 0 Å². The van der Waals surface area contributed by atoms with Crippen molar-refractivity contribution < 1.29 is 4.74 Å². The molecule has 19 heavy (non-hydrogen) atoms. The van der Waals surface area contributed by atoms with E-state index in [1.807, 2.05) is 7.11 Å². The number of nitrogens with one attached hydrogen (secondary N) is 1. The van der Waals surface area contributed by atoms with Gasteiger partial charge >= 0.3 is 0 Å². The summed E-state index contributed by atoms with van der Waals surface area (Å²) in [6.07, 6.45) is 5.39. The zero-order valence-electron chi connectivity index (χ0n) is 11.7. The molecule has 0 amide bonds. The lowest BCUT2D eigenvalue weighted by Crippen LogP contribution is -2.52. The van der Waals surface area contributed by atoms with Crippen molar-refractivity contribution in [2.45, 2.75) is 43.9 Å². The third kappa shape index (κ3) is 3.10. The van der Waals surface area contributed by atoms with Crippen LogP contribution in [0.3, 0.4) is 0 Å².